The summed E-state index contributed by atoms with van der Waals surface area (Å²) < 4.78 is 49.7. The lowest BCUT2D eigenvalue weighted by molar-refractivity contribution is -0.137. The minimum absolute atomic E-state index is 0. The summed E-state index contributed by atoms with van der Waals surface area (Å²) in [6.07, 6.45) is -0.501. The van der Waals surface area contributed by atoms with Gasteiger partial charge in [0.15, 0.2) is 5.96 Å². The van der Waals surface area contributed by atoms with Gasteiger partial charge in [-0.05, 0) is 43.2 Å². The second kappa shape index (κ2) is 14.2. The fourth-order valence-corrected chi connectivity index (χ4v) is 3.61. The van der Waals surface area contributed by atoms with Gasteiger partial charge in [-0.15, -0.1) is 24.0 Å². The van der Waals surface area contributed by atoms with Crippen LogP contribution in [0.2, 0.25) is 0 Å². The molecule has 1 N–H and O–H groups in total. The number of hydrogen-bond acceptors (Lipinski definition) is 3. The number of likely N-dealkylation sites (tertiary alicyclic amines) is 1. The molecule has 1 aromatic rings. The topological polar surface area (TPSA) is 46.1 Å². The van der Waals surface area contributed by atoms with Crippen LogP contribution in [0.4, 0.5) is 13.2 Å². The largest absolute Gasteiger partial charge is 0.416 e. The standard InChI is InChI=1S/C22H34F3N3O2.HI/c1-17(18-6-4-7-19(16-18)22(23,24)25)8-11-27-21(26-2)28-12-9-20(10-13-28)30-15-5-14-29-3;/h4,6-7,16-17,20H,5,8-15H2,1-3H3,(H,26,27);1H. The first-order chi connectivity index (χ1) is 14.3. The summed E-state index contributed by atoms with van der Waals surface area (Å²) in [6, 6.07) is 5.59. The summed E-state index contributed by atoms with van der Waals surface area (Å²) in [5.41, 5.74) is 0.107. The predicted molar refractivity (Wildman–Crippen MR) is 128 cm³/mol. The molecule has 1 heterocycles. The summed E-state index contributed by atoms with van der Waals surface area (Å²) in [5, 5.41) is 3.36. The van der Waals surface area contributed by atoms with Crippen molar-refractivity contribution in [1.29, 1.82) is 0 Å². The summed E-state index contributed by atoms with van der Waals surface area (Å²) in [5.74, 6) is 0.855. The number of hydrogen-bond donors (Lipinski definition) is 1. The zero-order chi connectivity index (χ0) is 22.0. The fourth-order valence-electron chi connectivity index (χ4n) is 3.61. The molecule has 0 radical (unpaired) electrons. The predicted octanol–water partition coefficient (Wildman–Crippen LogP) is 4.91. The van der Waals surface area contributed by atoms with Crippen molar-refractivity contribution >= 4 is 29.9 Å². The van der Waals surface area contributed by atoms with Gasteiger partial charge in [0.05, 0.1) is 11.7 Å². The quantitative estimate of drug-likeness (QED) is 0.203. The van der Waals surface area contributed by atoms with Crippen LogP contribution in [-0.4, -0.2) is 64.0 Å². The van der Waals surface area contributed by atoms with Gasteiger partial charge in [-0.1, -0.05) is 25.1 Å². The Morgan fingerprint density at radius 2 is 1.97 bits per heavy atom. The van der Waals surface area contributed by atoms with Crippen molar-refractivity contribution in [1.82, 2.24) is 10.2 Å². The Morgan fingerprint density at radius 1 is 1.26 bits per heavy atom. The highest BCUT2D eigenvalue weighted by atomic mass is 127. The first-order valence-corrected chi connectivity index (χ1v) is 10.6. The average molecular weight is 557 g/mol. The van der Waals surface area contributed by atoms with Crippen molar-refractivity contribution in [3.63, 3.8) is 0 Å². The first-order valence-electron chi connectivity index (χ1n) is 10.6. The highest BCUT2D eigenvalue weighted by molar-refractivity contribution is 14.0. The van der Waals surface area contributed by atoms with E-state index in [1.54, 1.807) is 20.2 Å². The van der Waals surface area contributed by atoms with Crippen LogP contribution < -0.4 is 5.32 Å². The van der Waals surface area contributed by atoms with Gasteiger partial charge in [-0.25, -0.2) is 0 Å². The van der Waals surface area contributed by atoms with Crippen molar-refractivity contribution in [2.75, 3.05) is 47.0 Å². The number of nitrogens with one attached hydrogen (secondary N) is 1. The molecule has 1 saturated heterocycles. The van der Waals surface area contributed by atoms with Gasteiger partial charge in [-0.3, -0.25) is 4.99 Å². The molecule has 31 heavy (non-hydrogen) atoms. The van der Waals surface area contributed by atoms with Crippen LogP contribution in [0, 0.1) is 0 Å². The molecular weight excluding hydrogens is 522 g/mol. The molecule has 1 aromatic carbocycles. The van der Waals surface area contributed by atoms with Gasteiger partial charge in [0.1, 0.15) is 0 Å². The zero-order valence-electron chi connectivity index (χ0n) is 18.6. The number of methoxy groups -OCH3 is 1. The molecule has 1 aliphatic rings. The van der Waals surface area contributed by atoms with Gasteiger partial charge in [0.2, 0.25) is 0 Å². The maximum Gasteiger partial charge on any atom is 0.416 e. The minimum Gasteiger partial charge on any atom is -0.385 e. The van der Waals surface area contributed by atoms with Crippen LogP contribution in [0.15, 0.2) is 29.3 Å². The Balaban J connectivity index is 0.00000480. The highest BCUT2D eigenvalue weighted by Gasteiger charge is 2.30. The number of rotatable bonds is 9. The van der Waals surface area contributed by atoms with Crippen LogP contribution in [0.25, 0.3) is 0 Å². The van der Waals surface area contributed by atoms with Crippen LogP contribution in [-0.2, 0) is 15.7 Å². The van der Waals surface area contributed by atoms with Gasteiger partial charge >= 0.3 is 6.18 Å². The first kappa shape index (κ1) is 28.0. The van der Waals surface area contributed by atoms with Crippen LogP contribution >= 0.6 is 24.0 Å². The van der Waals surface area contributed by atoms with Crippen molar-refractivity contribution in [2.24, 2.45) is 4.99 Å². The average Bonchev–Trinajstić information content (AvgIpc) is 2.74. The molecule has 0 aliphatic carbocycles. The van der Waals surface area contributed by atoms with Crippen molar-refractivity contribution in [3.8, 4) is 0 Å². The molecule has 1 aliphatic heterocycles. The number of ether oxygens (including phenoxy) is 2. The lowest BCUT2D eigenvalue weighted by Crippen LogP contribution is -2.47. The Bertz CT molecular complexity index is 666. The molecule has 1 fully saturated rings. The summed E-state index contributed by atoms with van der Waals surface area (Å²) >= 11 is 0. The molecule has 0 saturated carbocycles. The van der Waals surface area contributed by atoms with Gasteiger partial charge in [-0.2, -0.15) is 13.2 Å². The molecule has 1 atom stereocenters. The third-order valence-electron chi connectivity index (χ3n) is 5.44. The van der Waals surface area contributed by atoms with E-state index in [-0.39, 0.29) is 36.0 Å². The molecular formula is C22H35F3IN3O2. The fraction of sp³-hybridized carbons (Fsp3) is 0.682. The van der Waals surface area contributed by atoms with Crippen molar-refractivity contribution in [3.05, 3.63) is 35.4 Å². The van der Waals surface area contributed by atoms with Crippen LogP contribution in [0.3, 0.4) is 0 Å². The minimum atomic E-state index is -4.31. The van der Waals surface area contributed by atoms with Crippen LogP contribution in [0.1, 0.15) is 49.7 Å². The highest BCUT2D eigenvalue weighted by Crippen LogP contribution is 2.31. The van der Waals surface area contributed by atoms with Crippen LogP contribution in [0.5, 0.6) is 0 Å². The Morgan fingerprint density at radius 3 is 2.58 bits per heavy atom. The molecule has 2 rings (SSSR count). The van der Waals surface area contributed by atoms with Crippen molar-refractivity contribution in [2.45, 2.75) is 50.8 Å². The molecule has 0 amide bonds. The molecule has 9 heteroatoms. The zero-order valence-corrected chi connectivity index (χ0v) is 20.9. The third kappa shape index (κ3) is 9.53. The van der Waals surface area contributed by atoms with Crippen molar-refractivity contribution < 1.29 is 22.6 Å². The van der Waals surface area contributed by atoms with E-state index in [4.69, 9.17) is 9.47 Å². The lowest BCUT2D eigenvalue weighted by Gasteiger charge is -2.34. The summed E-state index contributed by atoms with van der Waals surface area (Å²) in [7, 11) is 3.45. The molecule has 0 aromatic heterocycles. The molecule has 5 nitrogen and oxygen atoms in total. The Hall–Kier alpha value is -1.07. The van der Waals surface area contributed by atoms with E-state index in [0.29, 0.717) is 18.7 Å². The second-order valence-electron chi connectivity index (χ2n) is 7.69. The van der Waals surface area contributed by atoms with E-state index in [2.05, 4.69) is 15.2 Å². The number of alkyl halides is 3. The lowest BCUT2D eigenvalue weighted by atomic mass is 9.96. The Kier molecular flexibility index (Phi) is 12.8. The number of piperidine rings is 1. The number of guanidine groups is 1. The van der Waals surface area contributed by atoms with E-state index in [0.717, 1.165) is 57.4 Å². The van der Waals surface area contributed by atoms with Gasteiger partial charge in [0.25, 0.3) is 0 Å². The SMILES string of the molecule is CN=C(NCCC(C)c1cccc(C(F)(F)F)c1)N1CCC(OCCCOC)CC1.I. The van der Waals surface area contributed by atoms with Gasteiger partial charge in [0, 0.05) is 47.0 Å². The maximum atomic E-state index is 12.9. The molecule has 1 unspecified atom stereocenters. The maximum absolute atomic E-state index is 12.9. The molecule has 0 spiro atoms. The number of aliphatic imine (C=N–C) groups is 1. The number of benzene rings is 1. The van der Waals surface area contributed by atoms with Gasteiger partial charge < -0.3 is 19.7 Å². The molecule has 178 valence electrons. The number of nitrogens with zero attached hydrogens (tertiary/aromatic N) is 2. The monoisotopic (exact) mass is 557 g/mol. The summed E-state index contributed by atoms with van der Waals surface area (Å²) in [4.78, 5) is 6.58. The number of halogens is 4. The van der Waals surface area contributed by atoms with E-state index in [9.17, 15) is 13.2 Å². The Labute approximate surface area is 200 Å². The molecule has 0 bridgehead atoms. The van der Waals surface area contributed by atoms with E-state index < -0.39 is 11.7 Å². The second-order valence-corrected chi connectivity index (χ2v) is 7.69. The van der Waals surface area contributed by atoms with E-state index in [1.807, 2.05) is 6.92 Å². The normalized spacial score (nSPS) is 16.7. The van der Waals surface area contributed by atoms with E-state index in [1.165, 1.54) is 12.1 Å². The summed E-state index contributed by atoms with van der Waals surface area (Å²) in [6.45, 7) is 5.78. The smallest absolute Gasteiger partial charge is 0.385 e. The third-order valence-corrected chi connectivity index (χ3v) is 5.44. The van der Waals surface area contributed by atoms with E-state index >= 15 is 0 Å².